The first-order valence-electron chi connectivity index (χ1n) is 10.6. The van der Waals surface area contributed by atoms with Crippen molar-refractivity contribution >= 4 is 16.7 Å². The quantitative estimate of drug-likeness (QED) is 0.276. The zero-order valence-corrected chi connectivity index (χ0v) is 16.7. The first-order valence-corrected chi connectivity index (χ1v) is 7.60. The molecule has 0 unspecified atom stereocenters. The average molecular weight is 531 g/mol. The summed E-state index contributed by atoms with van der Waals surface area (Å²) in [5, 5.41) is 9.31. The first kappa shape index (κ1) is 13.9. The molecule has 3 rings (SSSR count). The summed E-state index contributed by atoms with van der Waals surface area (Å²) < 4.78 is 45.4. The van der Waals surface area contributed by atoms with Crippen molar-refractivity contribution in [1.82, 2.24) is 4.98 Å². The Morgan fingerprint density at radius 2 is 1.92 bits per heavy atom. The van der Waals surface area contributed by atoms with Gasteiger partial charge in [0.15, 0.2) is 5.78 Å². The van der Waals surface area contributed by atoms with Gasteiger partial charge in [0.05, 0.1) is 11.3 Å². The van der Waals surface area contributed by atoms with Crippen LogP contribution in [0.1, 0.15) is 33.2 Å². The number of para-hydroxylation sites is 1. The van der Waals surface area contributed by atoms with Gasteiger partial charge in [-0.15, -0.1) is 34.9 Å². The van der Waals surface area contributed by atoms with Crippen LogP contribution in [0, 0.1) is 19.8 Å². The number of aliphatic hydroxyl groups excluding tert-OH is 1. The van der Waals surface area contributed by atoms with Gasteiger partial charge in [0.2, 0.25) is 0 Å². The minimum atomic E-state index is -2.44. The maximum Gasteiger partial charge on any atom is 0.155 e. The number of benzene rings is 2. The third-order valence-electron chi connectivity index (χ3n) is 3.16. The number of ketones is 1. The first-order chi connectivity index (χ1) is 14.3. The molecule has 1 aromatic heterocycles. The standard InChI is InChI=1S/C17H14N.C5H8O2.Ir/c1-12-9-13(2)11-15(10-12)17-8-7-14-5-3-4-6-16(14)18-17;1-4(6)3-5(2)7;/h3-10H,1-2H3;3,6H,1-2H3;/q-1;;/b;4-3-;/i1D3,2D3;;. The topological polar surface area (TPSA) is 50.2 Å². The van der Waals surface area contributed by atoms with Crippen molar-refractivity contribution in [2.75, 3.05) is 0 Å². The third kappa shape index (κ3) is 6.55. The van der Waals surface area contributed by atoms with Crippen LogP contribution in [0.15, 0.2) is 60.4 Å². The summed E-state index contributed by atoms with van der Waals surface area (Å²) in [5.41, 5.74) is 1.45. The molecule has 0 aliphatic carbocycles. The molecule has 0 aliphatic rings. The van der Waals surface area contributed by atoms with Gasteiger partial charge in [0.1, 0.15) is 0 Å². The van der Waals surface area contributed by atoms with Gasteiger partial charge in [-0.2, -0.15) is 0 Å². The van der Waals surface area contributed by atoms with Crippen molar-refractivity contribution in [2.45, 2.75) is 27.6 Å². The molecule has 3 aromatic rings. The number of allylic oxidation sites excluding steroid dienone is 2. The van der Waals surface area contributed by atoms with E-state index in [9.17, 15) is 4.79 Å². The summed E-state index contributed by atoms with van der Waals surface area (Å²) in [6.45, 7) is -1.99. The van der Waals surface area contributed by atoms with Gasteiger partial charge >= 0.3 is 0 Å². The zero-order valence-electron chi connectivity index (χ0n) is 20.3. The number of hydrogen-bond acceptors (Lipinski definition) is 3. The van der Waals surface area contributed by atoms with Crippen molar-refractivity contribution < 1.29 is 38.2 Å². The molecule has 137 valence electrons. The monoisotopic (exact) mass is 531 g/mol. The number of rotatable bonds is 2. The number of carbonyl (C=O) groups is 1. The molecule has 0 saturated carbocycles. The van der Waals surface area contributed by atoms with Gasteiger partial charge in [0, 0.05) is 34.4 Å². The van der Waals surface area contributed by atoms with Crippen molar-refractivity contribution in [2.24, 2.45) is 0 Å². The molecule has 4 heteroatoms. The van der Waals surface area contributed by atoms with Gasteiger partial charge in [-0.1, -0.05) is 44.0 Å². The van der Waals surface area contributed by atoms with Crippen LogP contribution in [0.5, 0.6) is 0 Å². The minimum absolute atomic E-state index is 0. The predicted molar refractivity (Wildman–Crippen MR) is 103 cm³/mol. The number of fused-ring (bicyclic) bond motifs is 1. The van der Waals surface area contributed by atoms with Crippen molar-refractivity contribution in [3.63, 3.8) is 0 Å². The van der Waals surface area contributed by atoms with E-state index in [1.54, 1.807) is 6.07 Å². The van der Waals surface area contributed by atoms with E-state index >= 15 is 0 Å². The second-order valence-corrected chi connectivity index (χ2v) is 5.48. The summed E-state index contributed by atoms with van der Waals surface area (Å²) in [7, 11) is 0. The molecule has 3 nitrogen and oxygen atoms in total. The SMILES string of the molecule is CC(=O)/C=C(/C)O.[2H]C([2H])([2H])c1[c-]c(-c2ccc3ccccc3n2)cc(C([2H])([2H])[2H])c1.[Ir]. The maximum absolute atomic E-state index is 10.0. The molecule has 0 fully saturated rings. The number of pyridine rings is 1. The molecule has 1 radical (unpaired) electrons. The smallest absolute Gasteiger partial charge is 0.155 e. The molecule has 1 heterocycles. The van der Waals surface area contributed by atoms with E-state index in [4.69, 9.17) is 13.3 Å². The van der Waals surface area contributed by atoms with Gasteiger partial charge < -0.3 is 5.11 Å². The number of hydrogen-bond donors (Lipinski definition) is 1. The summed E-state index contributed by atoms with van der Waals surface area (Å²) in [5.74, 6) is -0.0625. The van der Waals surface area contributed by atoms with Gasteiger partial charge in [-0.05, 0) is 31.0 Å². The molecule has 0 saturated heterocycles. The van der Waals surface area contributed by atoms with Crippen LogP contribution >= 0.6 is 0 Å². The second kappa shape index (κ2) is 10.0. The summed E-state index contributed by atoms with van der Waals surface area (Å²) in [6, 6.07) is 16.5. The van der Waals surface area contributed by atoms with Gasteiger partial charge in [-0.3, -0.25) is 9.78 Å². The van der Waals surface area contributed by atoms with Crippen molar-refractivity contribution in [3.8, 4) is 11.3 Å². The Kier molecular flexibility index (Phi) is 5.33. The molecule has 0 spiro atoms. The number of nitrogens with zero attached hydrogens (tertiary/aromatic N) is 1. The van der Waals surface area contributed by atoms with E-state index in [0.717, 1.165) is 10.9 Å². The molecule has 0 atom stereocenters. The fourth-order valence-corrected chi connectivity index (χ4v) is 2.22. The number of aliphatic hydroxyl groups is 1. The Morgan fingerprint density at radius 1 is 1.15 bits per heavy atom. The Bertz CT molecular complexity index is 1090. The largest absolute Gasteiger partial charge is 0.512 e. The molecule has 0 bridgehead atoms. The molecular weight excluding hydrogens is 502 g/mol. The minimum Gasteiger partial charge on any atom is -0.512 e. The Balaban J connectivity index is 0.000000558. The molecule has 2 aromatic carbocycles. The van der Waals surface area contributed by atoms with E-state index < -0.39 is 13.7 Å². The Hall–Kier alpha value is -2.29. The van der Waals surface area contributed by atoms with E-state index in [1.165, 1.54) is 32.1 Å². The van der Waals surface area contributed by atoms with Gasteiger partial charge in [0.25, 0.3) is 0 Å². The van der Waals surface area contributed by atoms with Crippen LogP contribution in [-0.4, -0.2) is 15.9 Å². The number of aromatic nitrogens is 1. The van der Waals surface area contributed by atoms with E-state index in [2.05, 4.69) is 11.1 Å². The number of aryl methyl sites for hydroxylation is 2. The Morgan fingerprint density at radius 3 is 2.54 bits per heavy atom. The molecule has 26 heavy (non-hydrogen) atoms. The third-order valence-corrected chi connectivity index (χ3v) is 3.16. The van der Waals surface area contributed by atoms with Crippen LogP contribution in [0.4, 0.5) is 0 Å². The maximum atomic E-state index is 10.0. The average Bonchev–Trinajstić information content (AvgIpc) is 2.65. The van der Waals surface area contributed by atoms with E-state index in [-0.39, 0.29) is 42.8 Å². The normalized spacial score (nSPS) is 14.9. The van der Waals surface area contributed by atoms with Crippen LogP contribution in [0.25, 0.3) is 22.2 Å². The molecule has 0 aliphatic heterocycles. The van der Waals surface area contributed by atoms with E-state index in [1.807, 2.05) is 30.3 Å². The molecule has 0 amide bonds. The van der Waals surface area contributed by atoms with Crippen molar-refractivity contribution in [1.29, 1.82) is 0 Å². The fourth-order valence-electron chi connectivity index (χ4n) is 2.22. The summed E-state index contributed by atoms with van der Waals surface area (Å²) in [6.07, 6.45) is 1.17. The zero-order chi connectivity index (χ0) is 23.4. The second-order valence-electron chi connectivity index (χ2n) is 5.48. The molecule has 1 N–H and O–H groups in total. The summed E-state index contributed by atoms with van der Waals surface area (Å²) in [4.78, 5) is 14.5. The Labute approximate surface area is 176 Å². The van der Waals surface area contributed by atoms with E-state index in [0.29, 0.717) is 11.3 Å². The molecular formula is C22H22IrNO2-. The van der Waals surface area contributed by atoms with Crippen LogP contribution in [0.3, 0.4) is 0 Å². The van der Waals surface area contributed by atoms with Crippen molar-refractivity contribution in [3.05, 3.63) is 77.6 Å². The number of carbonyl (C=O) groups excluding carboxylic acids is 1. The van der Waals surface area contributed by atoms with Crippen LogP contribution < -0.4 is 0 Å². The predicted octanol–water partition coefficient (Wildman–Crippen LogP) is 5.35. The summed E-state index contributed by atoms with van der Waals surface area (Å²) >= 11 is 0. The van der Waals surface area contributed by atoms with Gasteiger partial charge in [-0.25, -0.2) is 0 Å². The van der Waals surface area contributed by atoms with Crippen LogP contribution in [-0.2, 0) is 24.9 Å². The van der Waals surface area contributed by atoms with Crippen LogP contribution in [0.2, 0.25) is 0 Å². The fraction of sp³-hybridized carbons (Fsp3) is 0.182.